The van der Waals surface area contributed by atoms with Crippen LogP contribution in [0.4, 0.5) is 0 Å². The summed E-state index contributed by atoms with van der Waals surface area (Å²) < 4.78 is 5.86. The molecule has 1 aliphatic rings. The van der Waals surface area contributed by atoms with Gasteiger partial charge in [-0.15, -0.1) is 0 Å². The fraction of sp³-hybridized carbons (Fsp3) is 0.185. The van der Waals surface area contributed by atoms with Gasteiger partial charge in [-0.25, -0.2) is 0 Å². The largest absolute Gasteiger partial charge is 0.489 e. The van der Waals surface area contributed by atoms with Crippen molar-refractivity contribution in [1.29, 1.82) is 0 Å². The smallest absolute Gasteiger partial charge is 0.140 e. The first-order valence-corrected chi connectivity index (χ1v) is 10.4. The number of pyridine rings is 1. The van der Waals surface area contributed by atoms with Gasteiger partial charge in [-0.1, -0.05) is 60.7 Å². The molecule has 0 radical (unpaired) electrons. The van der Waals surface area contributed by atoms with Gasteiger partial charge in [0.1, 0.15) is 18.1 Å². The number of aromatic nitrogens is 1. The van der Waals surface area contributed by atoms with E-state index in [1.165, 1.54) is 5.56 Å². The predicted molar refractivity (Wildman–Crippen MR) is 119 cm³/mol. The van der Waals surface area contributed by atoms with Crippen molar-refractivity contribution in [1.82, 2.24) is 4.98 Å². The Balaban J connectivity index is 1.18. The zero-order chi connectivity index (χ0) is 20.3. The average molecular weight is 393 g/mol. The summed E-state index contributed by atoms with van der Waals surface area (Å²) >= 11 is 0. The number of rotatable bonds is 7. The Bertz CT molecular complexity index is 1170. The number of nitrogens with zero attached hydrogens (tertiary/aromatic N) is 1. The highest BCUT2D eigenvalue weighted by Crippen LogP contribution is 2.48. The Kier molecular flexibility index (Phi) is 5.02. The van der Waals surface area contributed by atoms with Crippen molar-refractivity contribution >= 4 is 16.6 Å². The molecular formula is C27H23NO2. The number of Topliss-reactive ketones (excluding diaryl/α,β-unsaturated/α-hetero) is 1. The third-order valence-electron chi connectivity index (χ3n) is 5.84. The van der Waals surface area contributed by atoms with Crippen molar-refractivity contribution in [3.05, 3.63) is 108 Å². The highest BCUT2D eigenvalue weighted by Gasteiger charge is 2.43. The lowest BCUT2D eigenvalue weighted by Gasteiger charge is -2.07. The zero-order valence-electron chi connectivity index (χ0n) is 16.7. The molecule has 0 bridgehead atoms. The Labute approximate surface area is 176 Å². The molecule has 5 rings (SSSR count). The van der Waals surface area contributed by atoms with Crippen LogP contribution in [0.2, 0.25) is 0 Å². The molecule has 3 aromatic carbocycles. The normalized spacial score (nSPS) is 17.6. The Morgan fingerprint density at radius 1 is 0.900 bits per heavy atom. The molecule has 3 heteroatoms. The van der Waals surface area contributed by atoms with Gasteiger partial charge in [0.15, 0.2) is 0 Å². The van der Waals surface area contributed by atoms with Crippen LogP contribution in [-0.2, 0) is 17.8 Å². The molecule has 4 aromatic rings. The van der Waals surface area contributed by atoms with E-state index < -0.39 is 0 Å². The summed E-state index contributed by atoms with van der Waals surface area (Å²) in [6.07, 6.45) is 5.08. The summed E-state index contributed by atoms with van der Waals surface area (Å²) in [5.74, 6) is 1.66. The number of benzene rings is 3. The molecular weight excluding hydrogens is 370 g/mol. The van der Waals surface area contributed by atoms with Crippen molar-refractivity contribution in [2.75, 3.05) is 0 Å². The molecule has 0 aliphatic heterocycles. The Morgan fingerprint density at radius 2 is 1.73 bits per heavy atom. The van der Waals surface area contributed by atoms with Gasteiger partial charge in [0, 0.05) is 30.1 Å². The fourth-order valence-corrected chi connectivity index (χ4v) is 4.05. The second-order valence-corrected chi connectivity index (χ2v) is 7.99. The van der Waals surface area contributed by atoms with Crippen molar-refractivity contribution in [3.8, 4) is 5.75 Å². The molecule has 1 aliphatic carbocycles. The molecule has 0 saturated heterocycles. The number of hydrogen-bond acceptors (Lipinski definition) is 3. The van der Waals surface area contributed by atoms with Crippen LogP contribution in [0.5, 0.6) is 5.75 Å². The van der Waals surface area contributed by atoms with Gasteiger partial charge in [0.05, 0.1) is 0 Å². The van der Waals surface area contributed by atoms with E-state index >= 15 is 0 Å². The molecule has 0 unspecified atom stereocenters. The van der Waals surface area contributed by atoms with Gasteiger partial charge >= 0.3 is 0 Å². The molecule has 1 fully saturated rings. The monoisotopic (exact) mass is 393 g/mol. The van der Waals surface area contributed by atoms with Crippen LogP contribution in [0.15, 0.2) is 91.3 Å². The lowest BCUT2D eigenvalue weighted by atomic mass is 10.0. The number of ether oxygens (including phenoxy) is 1. The molecule has 2 atom stereocenters. The average Bonchev–Trinajstić information content (AvgIpc) is 3.60. The van der Waals surface area contributed by atoms with E-state index in [4.69, 9.17) is 4.74 Å². The van der Waals surface area contributed by atoms with Crippen molar-refractivity contribution < 1.29 is 9.53 Å². The first-order valence-electron chi connectivity index (χ1n) is 10.4. The van der Waals surface area contributed by atoms with Gasteiger partial charge in [0.2, 0.25) is 0 Å². The molecule has 1 saturated carbocycles. The summed E-state index contributed by atoms with van der Waals surface area (Å²) in [5, 5.41) is 2.24. The zero-order valence-corrected chi connectivity index (χ0v) is 16.7. The number of carbonyl (C=O) groups excluding carboxylic acids is 1. The second kappa shape index (κ2) is 8.11. The maximum absolute atomic E-state index is 12.8. The summed E-state index contributed by atoms with van der Waals surface area (Å²) in [7, 11) is 0. The third kappa shape index (κ3) is 4.11. The van der Waals surface area contributed by atoms with Crippen LogP contribution in [0, 0.1) is 5.92 Å². The van der Waals surface area contributed by atoms with Crippen LogP contribution in [0.25, 0.3) is 10.8 Å². The highest BCUT2D eigenvalue weighted by atomic mass is 16.5. The van der Waals surface area contributed by atoms with Gasteiger partial charge in [-0.3, -0.25) is 9.78 Å². The van der Waals surface area contributed by atoms with E-state index in [2.05, 4.69) is 35.3 Å². The standard InChI is InChI=1S/C27H23NO2/c29-27(15-20-6-7-23-17-28-13-12-22(23)14-20)26-16-25(26)21-8-10-24(11-9-21)30-18-19-4-2-1-3-5-19/h1-14,17,25-26H,15-16,18H2/t25-,26+/m0/s1. The Morgan fingerprint density at radius 3 is 2.57 bits per heavy atom. The Hall–Kier alpha value is -3.46. The van der Waals surface area contributed by atoms with Crippen LogP contribution in [-0.4, -0.2) is 10.8 Å². The van der Waals surface area contributed by atoms with Crippen LogP contribution < -0.4 is 4.74 Å². The molecule has 0 spiro atoms. The summed E-state index contributed by atoms with van der Waals surface area (Å²) in [5.41, 5.74) is 3.46. The van der Waals surface area contributed by atoms with Crippen molar-refractivity contribution in [2.45, 2.75) is 25.4 Å². The number of fused-ring (bicyclic) bond motifs is 1. The topological polar surface area (TPSA) is 39.2 Å². The van der Waals surface area contributed by atoms with Crippen LogP contribution >= 0.6 is 0 Å². The predicted octanol–water partition coefficient (Wildman–Crippen LogP) is 5.73. The number of carbonyl (C=O) groups is 1. The van der Waals surface area contributed by atoms with Gasteiger partial charge < -0.3 is 4.74 Å². The van der Waals surface area contributed by atoms with E-state index in [0.29, 0.717) is 24.7 Å². The minimum absolute atomic E-state index is 0.134. The van der Waals surface area contributed by atoms with Gasteiger partial charge in [-0.05, 0) is 52.6 Å². The summed E-state index contributed by atoms with van der Waals surface area (Å²) in [6, 6.07) is 26.5. The van der Waals surface area contributed by atoms with Crippen molar-refractivity contribution in [2.24, 2.45) is 5.92 Å². The van der Waals surface area contributed by atoms with E-state index in [1.54, 1.807) is 6.20 Å². The van der Waals surface area contributed by atoms with E-state index in [1.807, 2.05) is 54.7 Å². The van der Waals surface area contributed by atoms with Gasteiger partial charge in [-0.2, -0.15) is 0 Å². The second-order valence-electron chi connectivity index (χ2n) is 7.99. The number of ketones is 1. The SMILES string of the molecule is O=C(Cc1ccc2cnccc2c1)[C@@H]1C[C@H]1c1ccc(OCc2ccccc2)cc1. The minimum atomic E-state index is 0.134. The quantitative estimate of drug-likeness (QED) is 0.403. The molecule has 148 valence electrons. The van der Waals surface area contributed by atoms with Crippen LogP contribution in [0.3, 0.4) is 0 Å². The molecule has 0 amide bonds. The molecule has 1 aromatic heterocycles. The van der Waals surface area contributed by atoms with E-state index in [0.717, 1.165) is 34.1 Å². The minimum Gasteiger partial charge on any atom is -0.489 e. The first-order chi connectivity index (χ1) is 14.8. The van der Waals surface area contributed by atoms with Gasteiger partial charge in [0.25, 0.3) is 0 Å². The molecule has 0 N–H and O–H groups in total. The maximum atomic E-state index is 12.8. The molecule has 30 heavy (non-hydrogen) atoms. The molecule has 3 nitrogen and oxygen atoms in total. The lowest BCUT2D eigenvalue weighted by Crippen LogP contribution is -2.06. The lowest BCUT2D eigenvalue weighted by molar-refractivity contribution is -0.119. The third-order valence-corrected chi connectivity index (χ3v) is 5.84. The molecule has 1 heterocycles. The maximum Gasteiger partial charge on any atom is 0.140 e. The summed E-state index contributed by atoms with van der Waals surface area (Å²) in [6.45, 7) is 0.562. The fourth-order valence-electron chi connectivity index (χ4n) is 4.05. The highest BCUT2D eigenvalue weighted by molar-refractivity contribution is 5.89. The number of hydrogen-bond donors (Lipinski definition) is 0. The summed E-state index contributed by atoms with van der Waals surface area (Å²) in [4.78, 5) is 16.9. The van der Waals surface area contributed by atoms with Crippen molar-refractivity contribution in [3.63, 3.8) is 0 Å². The first kappa shape index (κ1) is 18.6. The van der Waals surface area contributed by atoms with Crippen LogP contribution in [0.1, 0.15) is 29.0 Å². The van der Waals surface area contributed by atoms with E-state index in [-0.39, 0.29) is 5.92 Å². The van der Waals surface area contributed by atoms with E-state index in [9.17, 15) is 4.79 Å².